The molecule has 0 spiro atoms. The van der Waals surface area contributed by atoms with Gasteiger partial charge in [0.05, 0.1) is 6.61 Å². The molecule has 0 heterocycles. The second kappa shape index (κ2) is 11.1. The summed E-state index contributed by atoms with van der Waals surface area (Å²) in [5, 5.41) is 0. The summed E-state index contributed by atoms with van der Waals surface area (Å²) in [7, 11) is 0. The van der Waals surface area contributed by atoms with Gasteiger partial charge >= 0.3 is 0 Å². The molecule has 0 aromatic heterocycles. The molecule has 25 heavy (non-hydrogen) atoms. The van der Waals surface area contributed by atoms with Crippen LogP contribution in [0.5, 0.6) is 0 Å². The van der Waals surface area contributed by atoms with E-state index in [9.17, 15) is 13.6 Å². The maximum Gasteiger partial charge on any atom is 0.247 e. The minimum Gasteiger partial charge on any atom is -0.380 e. The normalized spacial score (nSPS) is 10.2. The SMILES string of the molecule is CCCCOCCN(C(=O)c1ccccc1)c1ccc(F)[c-]c1F.[Ti]. The zero-order chi connectivity index (χ0) is 17.4. The Bertz CT molecular complexity index is 668. The molecular formula is C19H20F2NO2Ti-. The number of carbonyl (C=O) groups is 1. The van der Waals surface area contributed by atoms with Crippen LogP contribution in [0.15, 0.2) is 42.5 Å². The van der Waals surface area contributed by atoms with E-state index in [2.05, 4.69) is 6.92 Å². The molecule has 0 saturated carbocycles. The number of hydrogen-bond donors (Lipinski definition) is 0. The van der Waals surface area contributed by atoms with Crippen molar-refractivity contribution in [2.24, 2.45) is 0 Å². The van der Waals surface area contributed by atoms with Crippen molar-refractivity contribution in [3.05, 3.63) is 65.7 Å². The van der Waals surface area contributed by atoms with Gasteiger partial charge in [-0.2, -0.15) is 0 Å². The first-order valence-electron chi connectivity index (χ1n) is 7.95. The second-order valence-corrected chi connectivity index (χ2v) is 5.29. The maximum atomic E-state index is 14.1. The minimum absolute atomic E-state index is 0. The Labute approximate surface area is 161 Å². The first-order chi connectivity index (χ1) is 11.6. The van der Waals surface area contributed by atoms with Gasteiger partial charge in [0, 0.05) is 52.1 Å². The summed E-state index contributed by atoms with van der Waals surface area (Å²) in [6, 6.07) is 12.9. The third-order valence-electron chi connectivity index (χ3n) is 3.50. The van der Waals surface area contributed by atoms with E-state index >= 15 is 0 Å². The summed E-state index contributed by atoms with van der Waals surface area (Å²) in [5.74, 6) is -2.07. The molecule has 2 aromatic rings. The first-order valence-corrected chi connectivity index (χ1v) is 7.95. The number of benzene rings is 2. The molecule has 0 bridgehead atoms. The van der Waals surface area contributed by atoms with Gasteiger partial charge < -0.3 is 9.64 Å². The van der Waals surface area contributed by atoms with Crippen LogP contribution in [0, 0.1) is 17.7 Å². The zero-order valence-corrected chi connectivity index (χ0v) is 15.7. The molecule has 0 radical (unpaired) electrons. The molecule has 0 unspecified atom stereocenters. The van der Waals surface area contributed by atoms with Crippen LogP contribution < -0.4 is 4.90 Å². The van der Waals surface area contributed by atoms with Crippen LogP contribution in [-0.4, -0.2) is 25.7 Å². The van der Waals surface area contributed by atoms with Crippen LogP contribution in [0.25, 0.3) is 0 Å². The number of unbranched alkanes of at least 4 members (excludes halogenated alkanes) is 1. The molecule has 2 aromatic carbocycles. The fourth-order valence-electron chi connectivity index (χ4n) is 2.22. The molecule has 1 amide bonds. The largest absolute Gasteiger partial charge is 0.380 e. The van der Waals surface area contributed by atoms with Crippen molar-refractivity contribution in [1.29, 1.82) is 0 Å². The molecule has 6 heteroatoms. The predicted molar refractivity (Wildman–Crippen MR) is 89.0 cm³/mol. The molecule has 0 aliphatic heterocycles. The second-order valence-electron chi connectivity index (χ2n) is 5.29. The summed E-state index contributed by atoms with van der Waals surface area (Å²) < 4.78 is 32.7. The number of carbonyl (C=O) groups excluding carboxylic acids is 1. The van der Waals surface area contributed by atoms with Crippen LogP contribution in [0.4, 0.5) is 14.5 Å². The molecule has 0 saturated heterocycles. The monoisotopic (exact) mass is 380 g/mol. The van der Waals surface area contributed by atoms with Crippen LogP contribution in [-0.2, 0) is 26.5 Å². The summed E-state index contributed by atoms with van der Waals surface area (Å²) in [5.41, 5.74) is 0.416. The number of amides is 1. The van der Waals surface area contributed by atoms with Gasteiger partial charge in [-0.15, -0.1) is 18.2 Å². The van der Waals surface area contributed by atoms with Gasteiger partial charge in [0.1, 0.15) is 0 Å². The smallest absolute Gasteiger partial charge is 0.247 e. The molecule has 0 aliphatic rings. The Balaban J connectivity index is 0.00000312. The van der Waals surface area contributed by atoms with E-state index in [4.69, 9.17) is 4.74 Å². The van der Waals surface area contributed by atoms with Gasteiger partial charge in [0.25, 0.3) is 0 Å². The van der Waals surface area contributed by atoms with Crippen molar-refractivity contribution < 1.29 is 40.0 Å². The van der Waals surface area contributed by atoms with E-state index < -0.39 is 11.6 Å². The van der Waals surface area contributed by atoms with E-state index in [0.717, 1.165) is 18.9 Å². The Morgan fingerprint density at radius 2 is 1.84 bits per heavy atom. The summed E-state index contributed by atoms with van der Waals surface area (Å²) in [4.78, 5) is 14.0. The quantitative estimate of drug-likeness (QED) is 0.390. The van der Waals surface area contributed by atoms with E-state index in [0.29, 0.717) is 12.2 Å². The average molecular weight is 380 g/mol. The Hall–Kier alpha value is -1.56. The van der Waals surface area contributed by atoms with E-state index in [-0.39, 0.29) is 46.5 Å². The fourth-order valence-corrected chi connectivity index (χ4v) is 2.22. The van der Waals surface area contributed by atoms with Crippen LogP contribution in [0.1, 0.15) is 30.1 Å². The number of halogens is 2. The van der Waals surface area contributed by atoms with Gasteiger partial charge in [-0.25, -0.2) is 8.78 Å². The van der Waals surface area contributed by atoms with E-state index in [1.54, 1.807) is 30.3 Å². The molecular weight excluding hydrogens is 360 g/mol. The fraction of sp³-hybridized carbons (Fsp3) is 0.316. The van der Waals surface area contributed by atoms with Crippen molar-refractivity contribution in [3.8, 4) is 0 Å². The van der Waals surface area contributed by atoms with Crippen molar-refractivity contribution in [3.63, 3.8) is 0 Å². The Morgan fingerprint density at radius 1 is 1.12 bits per heavy atom. The van der Waals surface area contributed by atoms with Crippen molar-refractivity contribution >= 4 is 11.6 Å². The number of hydrogen-bond acceptors (Lipinski definition) is 2. The van der Waals surface area contributed by atoms with Crippen molar-refractivity contribution in [2.75, 3.05) is 24.7 Å². The van der Waals surface area contributed by atoms with Crippen LogP contribution in [0.3, 0.4) is 0 Å². The molecule has 3 nitrogen and oxygen atoms in total. The first kappa shape index (κ1) is 21.5. The topological polar surface area (TPSA) is 29.5 Å². The van der Waals surface area contributed by atoms with Crippen molar-refractivity contribution in [1.82, 2.24) is 0 Å². The van der Waals surface area contributed by atoms with E-state index in [1.807, 2.05) is 6.07 Å². The van der Waals surface area contributed by atoms with Gasteiger partial charge in [0.15, 0.2) is 0 Å². The summed E-state index contributed by atoms with van der Waals surface area (Å²) in [6.07, 6.45) is 1.93. The van der Waals surface area contributed by atoms with Gasteiger partial charge in [-0.3, -0.25) is 4.79 Å². The zero-order valence-electron chi connectivity index (χ0n) is 14.1. The molecule has 0 aliphatic carbocycles. The molecule has 2 rings (SSSR count). The van der Waals surface area contributed by atoms with Crippen LogP contribution in [0.2, 0.25) is 0 Å². The number of nitrogens with zero attached hydrogens (tertiary/aromatic N) is 1. The number of rotatable bonds is 8. The van der Waals surface area contributed by atoms with Gasteiger partial charge in [0.2, 0.25) is 5.91 Å². The molecule has 0 atom stereocenters. The van der Waals surface area contributed by atoms with Gasteiger partial charge in [-0.1, -0.05) is 31.5 Å². The predicted octanol–water partition coefficient (Wildman–Crippen LogP) is 4.23. The number of ether oxygens (including phenoxy) is 1. The van der Waals surface area contributed by atoms with Crippen LogP contribution >= 0.6 is 0 Å². The Morgan fingerprint density at radius 3 is 2.48 bits per heavy atom. The average Bonchev–Trinajstić information content (AvgIpc) is 2.59. The molecule has 132 valence electrons. The summed E-state index contributed by atoms with van der Waals surface area (Å²) >= 11 is 0. The third kappa shape index (κ3) is 6.35. The minimum atomic E-state index is -0.896. The van der Waals surface area contributed by atoms with Crippen molar-refractivity contribution in [2.45, 2.75) is 19.8 Å². The standard InChI is InChI=1S/C19H20F2NO2.Ti/c1-2-3-12-24-13-11-22(18-10-9-16(20)14-17(18)21)19(23)15-7-5-4-6-8-15;/h4-10H,2-3,11-13H2,1H3;/q-1;. The number of anilines is 1. The maximum absolute atomic E-state index is 14.1. The molecule has 0 N–H and O–H groups in total. The third-order valence-corrected chi connectivity index (χ3v) is 3.50. The summed E-state index contributed by atoms with van der Waals surface area (Å²) in [6.45, 7) is 3.09. The Kier molecular flexibility index (Phi) is 9.57. The van der Waals surface area contributed by atoms with E-state index in [1.165, 1.54) is 11.0 Å². The molecule has 0 fully saturated rings. The van der Waals surface area contributed by atoms with Gasteiger partial charge in [-0.05, 0) is 24.2 Å².